The highest BCUT2D eigenvalue weighted by Gasteiger charge is 2.43. The monoisotopic (exact) mass is 407 g/mol. The molecule has 1 aliphatic heterocycles. The third-order valence-electron chi connectivity index (χ3n) is 6.81. The Hall–Kier alpha value is -2.23. The molecule has 3 aliphatic rings. The molecule has 160 valence electrons. The summed E-state index contributed by atoms with van der Waals surface area (Å²) in [5.74, 6) is -0.908. The zero-order valence-electron chi connectivity index (χ0n) is 18.7. The van der Waals surface area contributed by atoms with Crippen LogP contribution in [0.1, 0.15) is 89.7 Å². The lowest BCUT2D eigenvalue weighted by molar-refractivity contribution is -0.151. The van der Waals surface area contributed by atoms with E-state index in [2.05, 4.69) is 45.0 Å². The van der Waals surface area contributed by atoms with Crippen LogP contribution in [0.5, 0.6) is 0 Å². The van der Waals surface area contributed by atoms with Gasteiger partial charge in [-0.25, -0.2) is 0 Å². The Morgan fingerprint density at radius 1 is 1.03 bits per heavy atom. The van der Waals surface area contributed by atoms with Crippen LogP contribution in [0.25, 0.3) is 0 Å². The SMILES string of the molecule is CC1=NC2=C(C(=O)CCC2)[C@@H](c2ccc(C(C)(C)C)cc2)C1C(=O)OC1CCCC1. The normalized spacial score (nSPS) is 25.2. The van der Waals surface area contributed by atoms with Crippen molar-refractivity contribution in [2.45, 2.75) is 90.1 Å². The summed E-state index contributed by atoms with van der Waals surface area (Å²) in [7, 11) is 0. The lowest BCUT2D eigenvalue weighted by Gasteiger charge is -2.35. The van der Waals surface area contributed by atoms with Crippen LogP contribution in [0.3, 0.4) is 0 Å². The Morgan fingerprint density at radius 3 is 2.33 bits per heavy atom. The van der Waals surface area contributed by atoms with E-state index in [9.17, 15) is 9.59 Å². The third-order valence-corrected chi connectivity index (χ3v) is 6.81. The van der Waals surface area contributed by atoms with Crippen molar-refractivity contribution in [1.82, 2.24) is 0 Å². The molecule has 0 spiro atoms. The molecule has 0 amide bonds. The molecular weight excluding hydrogens is 374 g/mol. The number of hydrogen-bond acceptors (Lipinski definition) is 4. The molecule has 4 heteroatoms. The van der Waals surface area contributed by atoms with Crippen LogP contribution < -0.4 is 0 Å². The lowest BCUT2D eigenvalue weighted by Crippen LogP contribution is -2.38. The summed E-state index contributed by atoms with van der Waals surface area (Å²) >= 11 is 0. The molecule has 2 aliphatic carbocycles. The minimum Gasteiger partial charge on any atom is -0.462 e. The number of allylic oxidation sites excluding steroid dienone is 2. The van der Waals surface area contributed by atoms with Crippen molar-refractivity contribution < 1.29 is 14.3 Å². The molecule has 1 unspecified atom stereocenters. The van der Waals surface area contributed by atoms with Crippen molar-refractivity contribution in [1.29, 1.82) is 0 Å². The fraction of sp³-hybridized carbons (Fsp3) is 0.577. The standard InChI is InChI=1S/C26H33NO3/c1-16-22(25(29)30-19-8-5-6-9-19)23(24-20(27-16)10-7-11-21(24)28)17-12-14-18(15-13-17)26(2,3)4/h12-15,19,22-23H,5-11H2,1-4H3/t22?,23-/m0/s1. The van der Waals surface area contributed by atoms with E-state index in [0.717, 1.165) is 61.1 Å². The van der Waals surface area contributed by atoms with E-state index in [4.69, 9.17) is 9.73 Å². The minimum atomic E-state index is -0.521. The largest absolute Gasteiger partial charge is 0.462 e. The van der Waals surface area contributed by atoms with Crippen molar-refractivity contribution >= 4 is 17.5 Å². The zero-order valence-corrected chi connectivity index (χ0v) is 18.7. The first-order valence-corrected chi connectivity index (χ1v) is 11.4. The molecule has 1 fully saturated rings. The number of aliphatic imine (C=N–C) groups is 1. The van der Waals surface area contributed by atoms with Gasteiger partial charge in [-0.15, -0.1) is 0 Å². The summed E-state index contributed by atoms with van der Waals surface area (Å²) in [4.78, 5) is 31.0. The number of carbonyl (C=O) groups excluding carboxylic acids is 2. The number of carbonyl (C=O) groups is 2. The minimum absolute atomic E-state index is 0.00616. The maximum Gasteiger partial charge on any atom is 0.315 e. The maximum absolute atomic E-state index is 13.3. The first-order valence-electron chi connectivity index (χ1n) is 11.4. The van der Waals surface area contributed by atoms with E-state index in [1.165, 1.54) is 5.56 Å². The summed E-state index contributed by atoms with van der Waals surface area (Å²) in [6.45, 7) is 8.48. The number of ether oxygens (including phenoxy) is 1. The van der Waals surface area contributed by atoms with Crippen LogP contribution in [0.2, 0.25) is 0 Å². The second-order valence-electron chi connectivity index (χ2n) is 10.1. The molecule has 1 aromatic rings. The molecule has 4 nitrogen and oxygen atoms in total. The Morgan fingerprint density at radius 2 is 1.70 bits per heavy atom. The van der Waals surface area contributed by atoms with Gasteiger partial charge in [0, 0.05) is 29.3 Å². The molecule has 1 saturated carbocycles. The van der Waals surface area contributed by atoms with Gasteiger partial charge in [0.1, 0.15) is 12.0 Å². The molecule has 1 aromatic carbocycles. The van der Waals surface area contributed by atoms with Crippen LogP contribution in [-0.2, 0) is 19.7 Å². The van der Waals surface area contributed by atoms with Crippen LogP contribution >= 0.6 is 0 Å². The van der Waals surface area contributed by atoms with Gasteiger partial charge in [0.05, 0.1) is 0 Å². The molecule has 30 heavy (non-hydrogen) atoms. The van der Waals surface area contributed by atoms with Gasteiger partial charge in [-0.05, 0) is 62.0 Å². The Bertz CT molecular complexity index is 895. The fourth-order valence-electron chi connectivity index (χ4n) is 5.11. The van der Waals surface area contributed by atoms with Crippen LogP contribution in [0.4, 0.5) is 0 Å². The van der Waals surface area contributed by atoms with E-state index in [-0.39, 0.29) is 29.2 Å². The highest BCUT2D eigenvalue weighted by molar-refractivity contribution is 6.08. The highest BCUT2D eigenvalue weighted by atomic mass is 16.5. The molecule has 0 aromatic heterocycles. The number of nitrogens with zero attached hydrogens (tertiary/aromatic N) is 1. The summed E-state index contributed by atoms with van der Waals surface area (Å²) in [6.07, 6.45) is 6.28. The summed E-state index contributed by atoms with van der Waals surface area (Å²) < 4.78 is 5.91. The first kappa shape index (κ1) is 21.0. The number of ketones is 1. The summed E-state index contributed by atoms with van der Waals surface area (Å²) in [6, 6.07) is 8.44. The molecule has 0 radical (unpaired) electrons. The first-order chi connectivity index (χ1) is 14.3. The van der Waals surface area contributed by atoms with Gasteiger partial charge in [0.15, 0.2) is 5.78 Å². The summed E-state index contributed by atoms with van der Waals surface area (Å²) in [5, 5.41) is 0. The average Bonchev–Trinajstić information content (AvgIpc) is 3.19. The van der Waals surface area contributed by atoms with Crippen molar-refractivity contribution in [3.8, 4) is 0 Å². The molecule has 0 bridgehead atoms. The second kappa shape index (κ2) is 8.13. The van der Waals surface area contributed by atoms with Crippen molar-refractivity contribution in [2.24, 2.45) is 10.9 Å². The Kier molecular flexibility index (Phi) is 5.69. The van der Waals surface area contributed by atoms with Gasteiger partial charge < -0.3 is 4.74 Å². The summed E-state index contributed by atoms with van der Waals surface area (Å²) in [5.41, 5.74) is 4.68. The van der Waals surface area contributed by atoms with Gasteiger partial charge in [-0.3, -0.25) is 14.6 Å². The Labute approximate surface area is 179 Å². The number of hydrogen-bond donors (Lipinski definition) is 0. The topological polar surface area (TPSA) is 55.7 Å². The van der Waals surface area contributed by atoms with Gasteiger partial charge in [0.25, 0.3) is 0 Å². The highest BCUT2D eigenvalue weighted by Crippen LogP contribution is 2.44. The number of Topliss-reactive ketones (excluding diaryl/α,β-unsaturated/α-hetero) is 1. The van der Waals surface area contributed by atoms with Crippen LogP contribution in [0.15, 0.2) is 40.5 Å². The number of rotatable bonds is 3. The predicted octanol–water partition coefficient (Wildman–Crippen LogP) is 5.65. The van der Waals surface area contributed by atoms with E-state index in [1.807, 2.05) is 6.92 Å². The smallest absolute Gasteiger partial charge is 0.315 e. The number of esters is 1. The molecule has 2 atom stereocenters. The average molecular weight is 408 g/mol. The Balaban J connectivity index is 1.74. The molecule has 0 N–H and O–H groups in total. The van der Waals surface area contributed by atoms with Gasteiger partial charge >= 0.3 is 5.97 Å². The van der Waals surface area contributed by atoms with Crippen molar-refractivity contribution in [2.75, 3.05) is 0 Å². The van der Waals surface area contributed by atoms with E-state index in [1.54, 1.807) is 0 Å². The predicted molar refractivity (Wildman–Crippen MR) is 119 cm³/mol. The quantitative estimate of drug-likeness (QED) is 0.608. The molecule has 1 heterocycles. The molecule has 4 rings (SSSR count). The van der Waals surface area contributed by atoms with Gasteiger partial charge in [-0.2, -0.15) is 0 Å². The lowest BCUT2D eigenvalue weighted by atomic mass is 9.71. The molecule has 0 saturated heterocycles. The van der Waals surface area contributed by atoms with Gasteiger partial charge in [0.2, 0.25) is 0 Å². The van der Waals surface area contributed by atoms with Crippen LogP contribution in [0, 0.1) is 5.92 Å². The van der Waals surface area contributed by atoms with Crippen LogP contribution in [-0.4, -0.2) is 23.6 Å². The van der Waals surface area contributed by atoms with Crippen molar-refractivity contribution in [3.05, 3.63) is 46.7 Å². The molecular formula is C26H33NO3. The van der Waals surface area contributed by atoms with E-state index >= 15 is 0 Å². The van der Waals surface area contributed by atoms with E-state index in [0.29, 0.717) is 6.42 Å². The fourth-order valence-corrected chi connectivity index (χ4v) is 5.11. The van der Waals surface area contributed by atoms with Gasteiger partial charge in [-0.1, -0.05) is 45.0 Å². The maximum atomic E-state index is 13.3. The van der Waals surface area contributed by atoms with Crippen molar-refractivity contribution in [3.63, 3.8) is 0 Å². The third kappa shape index (κ3) is 4.01. The second-order valence-corrected chi connectivity index (χ2v) is 10.1. The zero-order chi connectivity index (χ0) is 21.5. The van der Waals surface area contributed by atoms with E-state index < -0.39 is 5.92 Å². The number of benzene rings is 1.